The molecule has 0 radical (unpaired) electrons. The van der Waals surface area contributed by atoms with Crippen LogP contribution in [0.4, 0.5) is 0 Å². The zero-order chi connectivity index (χ0) is 9.97. The molecule has 0 bridgehead atoms. The number of halogens is 2. The third kappa shape index (κ3) is 2.23. The molecule has 0 amide bonds. The summed E-state index contributed by atoms with van der Waals surface area (Å²) in [4.78, 5) is 0. The van der Waals surface area contributed by atoms with Crippen LogP contribution in [0.15, 0.2) is 30.3 Å². The molecule has 0 saturated heterocycles. The average Bonchev–Trinajstić information content (AvgIpc) is 2.20. The van der Waals surface area contributed by atoms with Crippen LogP contribution in [0.5, 0.6) is 0 Å². The van der Waals surface area contributed by atoms with Crippen LogP contribution < -0.4 is 4.35 Å². The summed E-state index contributed by atoms with van der Waals surface area (Å²) in [5.41, 5.74) is 0. The second kappa shape index (κ2) is 3.85. The molecule has 0 aromatic heterocycles. The Balaban J connectivity index is 3.19. The number of rotatable bonds is 3. The van der Waals surface area contributed by atoms with Crippen molar-refractivity contribution in [3.05, 3.63) is 30.3 Å². The molecular weight excluding hydrogens is 266 g/mol. The van der Waals surface area contributed by atoms with Gasteiger partial charge in [-0.05, 0) is 0 Å². The van der Waals surface area contributed by atoms with Gasteiger partial charge in [-0.15, -0.1) is 0 Å². The van der Waals surface area contributed by atoms with E-state index in [9.17, 15) is 0 Å². The van der Waals surface area contributed by atoms with Crippen molar-refractivity contribution in [3.63, 3.8) is 0 Å². The Morgan fingerprint density at radius 1 is 1.00 bits per heavy atom. The summed E-state index contributed by atoms with van der Waals surface area (Å²) in [6.07, 6.45) is 0. The molecule has 74 valence electrons. The van der Waals surface area contributed by atoms with Gasteiger partial charge in [0.25, 0.3) is 0 Å². The van der Waals surface area contributed by atoms with Gasteiger partial charge in [0.05, 0.1) is 0 Å². The van der Waals surface area contributed by atoms with Gasteiger partial charge in [-0.3, -0.25) is 0 Å². The van der Waals surface area contributed by atoms with Crippen molar-refractivity contribution < 1.29 is 0 Å². The fraction of sp³-hybridized carbons (Fsp3) is 0.400. The monoisotopic (exact) mass is 280 g/mol. The molecule has 0 unspecified atom stereocenters. The van der Waals surface area contributed by atoms with Gasteiger partial charge in [0, 0.05) is 0 Å². The van der Waals surface area contributed by atoms with Crippen LogP contribution in [0.2, 0.25) is 10.4 Å². The van der Waals surface area contributed by atoms with E-state index in [1.165, 1.54) is 0 Å². The molecule has 0 atom stereocenters. The predicted octanol–water partition coefficient (Wildman–Crippen LogP) is 3.81. The molecule has 1 rings (SSSR count). The van der Waals surface area contributed by atoms with Crippen LogP contribution >= 0.6 is 19.9 Å². The normalized spacial score (nSPS) is 14.9. The summed E-state index contributed by atoms with van der Waals surface area (Å²) in [7, 11) is 10.1. The zero-order valence-corrected chi connectivity index (χ0v) is 11.4. The summed E-state index contributed by atoms with van der Waals surface area (Å²) >= 11 is 0. The minimum atomic E-state index is -3.15. The molecule has 0 spiro atoms. The molecule has 0 aliphatic rings. The van der Waals surface area contributed by atoms with E-state index < -0.39 is 10.6 Å². The molecule has 1 aromatic rings. The van der Waals surface area contributed by atoms with E-state index in [0.717, 1.165) is 14.8 Å². The predicted molar refractivity (Wildman–Crippen MR) is 64.5 cm³/mol. The molecule has 0 nitrogen and oxygen atoms in total. The zero-order valence-electron chi connectivity index (χ0n) is 8.00. The van der Waals surface area contributed by atoms with Crippen molar-refractivity contribution in [2.75, 3.05) is 0 Å². The maximum absolute atomic E-state index is 6.63. The second-order valence-corrected chi connectivity index (χ2v) is 21.6. The summed E-state index contributed by atoms with van der Waals surface area (Å²) < 4.78 is 1.16. The van der Waals surface area contributed by atoms with E-state index in [0.29, 0.717) is 0 Å². The molecule has 3 heteroatoms. The Bertz CT molecular complexity index is 274. The van der Waals surface area contributed by atoms with Crippen molar-refractivity contribution in [2.45, 2.75) is 24.3 Å². The van der Waals surface area contributed by atoms with Gasteiger partial charge >= 0.3 is 89.4 Å². The van der Waals surface area contributed by atoms with Crippen LogP contribution in [0.25, 0.3) is 0 Å². The quantitative estimate of drug-likeness (QED) is 0.739. The van der Waals surface area contributed by atoms with Crippen molar-refractivity contribution in [1.29, 1.82) is 0 Å². The summed E-state index contributed by atoms with van der Waals surface area (Å²) in [5, 5.41) is 1.78. The summed E-state index contributed by atoms with van der Waals surface area (Å²) in [6, 6.07) is 10.1. The number of benzene rings is 1. The van der Waals surface area contributed by atoms with Crippen molar-refractivity contribution in [1.82, 2.24) is 0 Å². The fourth-order valence-corrected chi connectivity index (χ4v) is 6.70. The fourth-order valence-electron chi connectivity index (χ4n) is 1.34. The molecule has 0 aliphatic carbocycles. The van der Waals surface area contributed by atoms with Crippen LogP contribution in [-0.2, 0) is 0 Å². The van der Waals surface area contributed by atoms with Gasteiger partial charge in [0.1, 0.15) is 0 Å². The topological polar surface area (TPSA) is 0 Å². The standard InChI is InChI=1S/C10H15AsCl2/c1-3-11(12,13,4-2)10-8-6-5-7-9-10/h5-9H,3-4H2,1-2H3. The first-order valence-electron chi connectivity index (χ1n) is 4.52. The molecule has 1 aromatic carbocycles. The molecule has 0 saturated carbocycles. The third-order valence-corrected chi connectivity index (χ3v) is 17.7. The molecule has 0 aliphatic heterocycles. The molecular formula is C10H15AsCl2. The minimum absolute atomic E-state index is 0.891. The Labute approximate surface area is 89.2 Å². The summed E-state index contributed by atoms with van der Waals surface area (Å²) in [6.45, 7) is 4.17. The first-order chi connectivity index (χ1) is 6.02. The SMILES string of the molecule is CC[As](Cl)(Cl)(CC)c1ccccc1. The Morgan fingerprint density at radius 3 is 1.85 bits per heavy atom. The Kier molecular flexibility index (Phi) is 3.38. The maximum atomic E-state index is 6.63. The van der Waals surface area contributed by atoms with E-state index in [1.807, 2.05) is 18.2 Å². The van der Waals surface area contributed by atoms with E-state index in [1.54, 1.807) is 0 Å². The van der Waals surface area contributed by atoms with Gasteiger partial charge in [0.2, 0.25) is 0 Å². The summed E-state index contributed by atoms with van der Waals surface area (Å²) in [5.74, 6) is 0. The second-order valence-electron chi connectivity index (χ2n) is 3.22. The van der Waals surface area contributed by atoms with E-state index in [-0.39, 0.29) is 0 Å². The van der Waals surface area contributed by atoms with Gasteiger partial charge in [-0.2, -0.15) is 0 Å². The molecule has 0 heterocycles. The van der Waals surface area contributed by atoms with Gasteiger partial charge in [-0.1, -0.05) is 0 Å². The van der Waals surface area contributed by atoms with Crippen LogP contribution in [0.1, 0.15) is 13.8 Å². The van der Waals surface area contributed by atoms with Crippen LogP contribution in [-0.4, -0.2) is 10.6 Å². The Morgan fingerprint density at radius 2 is 1.46 bits per heavy atom. The van der Waals surface area contributed by atoms with Crippen molar-refractivity contribution >= 4 is 34.8 Å². The molecule has 0 N–H and O–H groups in total. The molecule has 13 heavy (non-hydrogen) atoms. The number of hydrogen-bond donors (Lipinski definition) is 0. The van der Waals surface area contributed by atoms with Crippen LogP contribution in [0, 0.1) is 0 Å². The number of hydrogen-bond acceptors (Lipinski definition) is 0. The molecule has 0 fully saturated rings. The third-order valence-electron chi connectivity index (χ3n) is 2.56. The average molecular weight is 281 g/mol. The van der Waals surface area contributed by atoms with Gasteiger partial charge in [-0.25, -0.2) is 0 Å². The van der Waals surface area contributed by atoms with Gasteiger partial charge in [0.15, 0.2) is 0 Å². The van der Waals surface area contributed by atoms with E-state index >= 15 is 0 Å². The van der Waals surface area contributed by atoms with Crippen molar-refractivity contribution in [3.8, 4) is 0 Å². The Hall–Kier alpha value is 0.358. The van der Waals surface area contributed by atoms with Crippen LogP contribution in [0.3, 0.4) is 0 Å². The first kappa shape index (κ1) is 11.4. The first-order valence-corrected chi connectivity index (χ1v) is 13.0. The van der Waals surface area contributed by atoms with E-state index in [2.05, 4.69) is 26.0 Å². The van der Waals surface area contributed by atoms with E-state index in [4.69, 9.17) is 19.9 Å². The van der Waals surface area contributed by atoms with Gasteiger partial charge < -0.3 is 0 Å². The van der Waals surface area contributed by atoms with Crippen molar-refractivity contribution in [2.24, 2.45) is 0 Å².